The molecular weight excluding hydrogens is 416 g/mol. The molecule has 2 rings (SSSR count). The molecule has 0 spiro atoms. The Balaban J connectivity index is 1.96. The van der Waals surface area contributed by atoms with Crippen molar-refractivity contribution in [3.63, 3.8) is 0 Å². The second kappa shape index (κ2) is 11.6. The third-order valence-electron chi connectivity index (χ3n) is 4.66. The van der Waals surface area contributed by atoms with Crippen molar-refractivity contribution in [3.8, 4) is 0 Å². The standard InChI is InChI=1S/C23H30N2O5S/c1-17-13-14-18(2)20(16-17)25-23(27)22(19-10-6-4-7-11-19)30-21(26)12-8-5-9-15-24-31(3,28)29/h4,6-7,10-11,13-14,16,22,24H,5,8-9,12,15H2,1-3H3,(H,25,27)/t22-/m1/s1. The first-order valence-corrected chi connectivity index (χ1v) is 12.1. The Hall–Kier alpha value is -2.71. The third-order valence-corrected chi connectivity index (χ3v) is 5.39. The van der Waals surface area contributed by atoms with Crippen molar-refractivity contribution >= 4 is 27.6 Å². The van der Waals surface area contributed by atoms with Crippen LogP contribution in [0.5, 0.6) is 0 Å². The summed E-state index contributed by atoms with van der Waals surface area (Å²) in [6.07, 6.45) is 2.04. The van der Waals surface area contributed by atoms with Crippen LogP contribution in [0.3, 0.4) is 0 Å². The smallest absolute Gasteiger partial charge is 0.306 e. The van der Waals surface area contributed by atoms with Gasteiger partial charge < -0.3 is 10.1 Å². The Bertz CT molecular complexity index is 990. The molecule has 0 heterocycles. The number of nitrogens with one attached hydrogen (secondary N) is 2. The summed E-state index contributed by atoms with van der Waals surface area (Å²) in [4.78, 5) is 25.4. The largest absolute Gasteiger partial charge is 0.447 e. The first-order chi connectivity index (χ1) is 14.7. The maximum absolute atomic E-state index is 13.0. The molecule has 0 saturated heterocycles. The number of ether oxygens (including phenoxy) is 1. The molecule has 0 aliphatic rings. The van der Waals surface area contributed by atoms with Gasteiger partial charge >= 0.3 is 5.97 Å². The molecule has 7 nitrogen and oxygen atoms in total. The summed E-state index contributed by atoms with van der Waals surface area (Å²) in [5.41, 5.74) is 3.20. The Kier molecular flexibility index (Phi) is 9.21. The molecule has 0 unspecified atom stereocenters. The lowest BCUT2D eigenvalue weighted by Gasteiger charge is -2.19. The lowest BCUT2D eigenvalue weighted by atomic mass is 10.1. The Morgan fingerprint density at radius 3 is 2.39 bits per heavy atom. The van der Waals surface area contributed by atoms with Crippen molar-refractivity contribution in [2.24, 2.45) is 0 Å². The Labute approximate surface area is 184 Å². The lowest BCUT2D eigenvalue weighted by Crippen LogP contribution is -2.26. The van der Waals surface area contributed by atoms with Crippen LogP contribution in [0.15, 0.2) is 48.5 Å². The monoisotopic (exact) mass is 446 g/mol. The van der Waals surface area contributed by atoms with E-state index in [1.807, 2.05) is 38.1 Å². The van der Waals surface area contributed by atoms with Gasteiger partial charge in [0.2, 0.25) is 16.1 Å². The van der Waals surface area contributed by atoms with Gasteiger partial charge in [0.25, 0.3) is 5.91 Å². The highest BCUT2D eigenvalue weighted by Gasteiger charge is 2.25. The molecule has 1 amide bonds. The molecule has 31 heavy (non-hydrogen) atoms. The minimum atomic E-state index is -3.20. The SMILES string of the molecule is Cc1ccc(C)c(NC(=O)[C@H](OC(=O)CCCCCNS(C)(=O)=O)c2ccccc2)c1. The maximum Gasteiger partial charge on any atom is 0.306 e. The number of rotatable bonds is 11. The average molecular weight is 447 g/mol. The topological polar surface area (TPSA) is 102 Å². The van der Waals surface area contributed by atoms with Crippen molar-refractivity contribution in [3.05, 3.63) is 65.2 Å². The van der Waals surface area contributed by atoms with Crippen LogP contribution in [-0.2, 0) is 24.3 Å². The van der Waals surface area contributed by atoms with Gasteiger partial charge in [0.1, 0.15) is 0 Å². The van der Waals surface area contributed by atoms with E-state index in [9.17, 15) is 18.0 Å². The number of hydrogen-bond donors (Lipinski definition) is 2. The average Bonchev–Trinajstić information content (AvgIpc) is 2.71. The number of unbranched alkanes of at least 4 members (excludes halogenated alkanes) is 2. The second-order valence-corrected chi connectivity index (χ2v) is 9.40. The van der Waals surface area contributed by atoms with Gasteiger partial charge in [0, 0.05) is 24.2 Å². The van der Waals surface area contributed by atoms with Gasteiger partial charge in [-0.05, 0) is 43.9 Å². The van der Waals surface area contributed by atoms with Gasteiger partial charge in [-0.1, -0.05) is 48.9 Å². The maximum atomic E-state index is 13.0. The molecule has 0 radical (unpaired) electrons. The van der Waals surface area contributed by atoms with Crippen molar-refractivity contribution in [2.75, 3.05) is 18.1 Å². The number of benzene rings is 2. The highest BCUT2D eigenvalue weighted by molar-refractivity contribution is 7.88. The van der Waals surface area contributed by atoms with E-state index in [0.29, 0.717) is 37.1 Å². The van der Waals surface area contributed by atoms with Gasteiger partial charge in [-0.2, -0.15) is 0 Å². The summed E-state index contributed by atoms with van der Waals surface area (Å²) in [5, 5.41) is 2.87. The normalized spacial score (nSPS) is 12.2. The molecule has 2 aromatic carbocycles. The van der Waals surface area contributed by atoms with Crippen LogP contribution in [0.1, 0.15) is 48.5 Å². The third kappa shape index (κ3) is 8.90. The van der Waals surface area contributed by atoms with Gasteiger partial charge in [0.05, 0.1) is 6.26 Å². The molecule has 0 aliphatic carbocycles. The molecule has 2 N–H and O–H groups in total. The summed E-state index contributed by atoms with van der Waals surface area (Å²) in [5.74, 6) is -0.883. The number of carbonyl (C=O) groups is 2. The summed E-state index contributed by atoms with van der Waals surface area (Å²) >= 11 is 0. The summed E-state index contributed by atoms with van der Waals surface area (Å²) < 4.78 is 30.0. The molecule has 1 atom stereocenters. The van der Waals surface area contributed by atoms with E-state index in [0.717, 1.165) is 17.4 Å². The van der Waals surface area contributed by atoms with Gasteiger partial charge in [-0.15, -0.1) is 0 Å². The fourth-order valence-electron chi connectivity index (χ4n) is 2.99. The van der Waals surface area contributed by atoms with Crippen LogP contribution < -0.4 is 10.0 Å². The minimum absolute atomic E-state index is 0.152. The molecule has 0 saturated carbocycles. The molecule has 168 valence electrons. The predicted molar refractivity (Wildman–Crippen MR) is 121 cm³/mol. The Morgan fingerprint density at radius 1 is 1.00 bits per heavy atom. The fraction of sp³-hybridized carbons (Fsp3) is 0.391. The zero-order valence-corrected chi connectivity index (χ0v) is 19.0. The number of sulfonamides is 1. The second-order valence-electron chi connectivity index (χ2n) is 7.57. The van der Waals surface area contributed by atoms with Crippen LogP contribution in [0.25, 0.3) is 0 Å². The minimum Gasteiger partial charge on any atom is -0.447 e. The summed E-state index contributed by atoms with van der Waals surface area (Å²) in [6, 6.07) is 14.7. The molecule has 2 aromatic rings. The van der Waals surface area contributed by atoms with E-state index in [2.05, 4.69) is 10.0 Å². The molecular formula is C23H30N2O5S. The van der Waals surface area contributed by atoms with Crippen LogP contribution in [0, 0.1) is 13.8 Å². The van der Waals surface area contributed by atoms with Crippen molar-refractivity contribution in [2.45, 2.75) is 45.6 Å². The molecule has 0 aliphatic heterocycles. The van der Waals surface area contributed by atoms with Crippen LogP contribution >= 0.6 is 0 Å². The highest BCUT2D eigenvalue weighted by Crippen LogP contribution is 2.23. The van der Waals surface area contributed by atoms with E-state index in [1.165, 1.54) is 0 Å². The Morgan fingerprint density at radius 2 is 1.71 bits per heavy atom. The first-order valence-electron chi connectivity index (χ1n) is 10.2. The number of carbonyl (C=O) groups excluding carboxylic acids is 2. The fourth-order valence-corrected chi connectivity index (χ4v) is 3.50. The summed E-state index contributed by atoms with van der Waals surface area (Å²) in [6.45, 7) is 4.17. The molecule has 8 heteroatoms. The van der Waals surface area contributed by atoms with E-state index < -0.39 is 28.0 Å². The van der Waals surface area contributed by atoms with Crippen LogP contribution in [0.4, 0.5) is 5.69 Å². The summed E-state index contributed by atoms with van der Waals surface area (Å²) in [7, 11) is -3.20. The number of amides is 1. The quantitative estimate of drug-likeness (QED) is 0.405. The lowest BCUT2D eigenvalue weighted by molar-refractivity contribution is -0.154. The molecule has 0 aromatic heterocycles. The number of esters is 1. The van der Waals surface area contributed by atoms with E-state index in [-0.39, 0.29) is 6.42 Å². The highest BCUT2D eigenvalue weighted by atomic mass is 32.2. The van der Waals surface area contributed by atoms with Gasteiger partial charge in [0.15, 0.2) is 0 Å². The van der Waals surface area contributed by atoms with Crippen molar-refractivity contribution < 1.29 is 22.7 Å². The van der Waals surface area contributed by atoms with Crippen LogP contribution in [0.2, 0.25) is 0 Å². The van der Waals surface area contributed by atoms with E-state index >= 15 is 0 Å². The van der Waals surface area contributed by atoms with E-state index in [1.54, 1.807) is 24.3 Å². The van der Waals surface area contributed by atoms with Gasteiger partial charge in [-0.25, -0.2) is 13.1 Å². The van der Waals surface area contributed by atoms with Crippen molar-refractivity contribution in [1.29, 1.82) is 0 Å². The van der Waals surface area contributed by atoms with E-state index in [4.69, 9.17) is 4.74 Å². The molecule has 0 fully saturated rings. The zero-order chi connectivity index (χ0) is 22.9. The number of hydrogen-bond acceptors (Lipinski definition) is 5. The van der Waals surface area contributed by atoms with Crippen molar-refractivity contribution in [1.82, 2.24) is 4.72 Å². The molecule has 0 bridgehead atoms. The first kappa shape index (κ1) is 24.6. The van der Waals surface area contributed by atoms with Crippen LogP contribution in [-0.4, -0.2) is 33.1 Å². The number of aryl methyl sites for hydroxylation is 2. The predicted octanol–water partition coefficient (Wildman–Crippen LogP) is 3.64. The zero-order valence-electron chi connectivity index (χ0n) is 18.2. The van der Waals surface area contributed by atoms with Gasteiger partial charge in [-0.3, -0.25) is 9.59 Å². The number of anilines is 1.